The number of nitrogens with two attached hydrogens (primary N) is 1. The van der Waals surface area contributed by atoms with Crippen LogP contribution in [0, 0.1) is 5.92 Å². The molecule has 3 atom stereocenters. The molecule has 174 valence electrons. The van der Waals surface area contributed by atoms with Gasteiger partial charge in [0.25, 0.3) is 5.91 Å². The minimum atomic E-state index is -0.586. The molecule has 1 aliphatic rings. The standard InChI is InChI=1S/C25H34N2O4S/c1-32-13-12-27-24(29)17-31-22-11-10-18-6-5-7-19(25(26)23(18)15-22)14-20(28)16-30-21-8-3-2-4-9-21/h2-4,8-11,15,19-20,25,28H,5-7,12-14,16-17,26H2,1H3,(H,27,29)/t19?,20-,25?/m0/s1. The zero-order valence-electron chi connectivity index (χ0n) is 18.7. The van der Waals surface area contributed by atoms with Crippen molar-refractivity contribution in [3.8, 4) is 11.5 Å². The number of ether oxygens (including phenoxy) is 2. The van der Waals surface area contributed by atoms with Crippen molar-refractivity contribution in [1.29, 1.82) is 0 Å². The molecule has 0 saturated carbocycles. The highest BCUT2D eigenvalue weighted by atomic mass is 32.2. The van der Waals surface area contributed by atoms with Crippen molar-refractivity contribution in [3.05, 3.63) is 59.7 Å². The third-order valence-electron chi connectivity index (χ3n) is 5.76. The molecule has 2 unspecified atom stereocenters. The fourth-order valence-electron chi connectivity index (χ4n) is 4.07. The Hall–Kier alpha value is -2.22. The van der Waals surface area contributed by atoms with Crippen LogP contribution >= 0.6 is 11.8 Å². The molecule has 2 aromatic carbocycles. The van der Waals surface area contributed by atoms with Crippen molar-refractivity contribution < 1.29 is 19.4 Å². The third kappa shape index (κ3) is 7.43. The van der Waals surface area contributed by atoms with Crippen LogP contribution in [0.25, 0.3) is 0 Å². The number of carbonyl (C=O) groups excluding carboxylic acids is 1. The lowest BCUT2D eigenvalue weighted by atomic mass is 9.87. The first-order valence-corrected chi connectivity index (χ1v) is 12.6. The number of carbonyl (C=O) groups is 1. The number of aliphatic hydroxyl groups excluding tert-OH is 1. The first kappa shape index (κ1) is 24.4. The number of nitrogens with one attached hydrogen (secondary N) is 1. The maximum Gasteiger partial charge on any atom is 0.257 e. The number of hydrogen-bond acceptors (Lipinski definition) is 6. The summed E-state index contributed by atoms with van der Waals surface area (Å²) in [4.78, 5) is 11.9. The molecule has 0 spiro atoms. The molecule has 1 aliphatic carbocycles. The molecule has 6 nitrogen and oxygen atoms in total. The van der Waals surface area contributed by atoms with Crippen LogP contribution in [-0.4, -0.2) is 48.9 Å². The maximum absolute atomic E-state index is 11.9. The van der Waals surface area contributed by atoms with Crippen molar-refractivity contribution in [2.75, 3.05) is 31.8 Å². The molecule has 32 heavy (non-hydrogen) atoms. The van der Waals surface area contributed by atoms with E-state index in [1.54, 1.807) is 11.8 Å². The SMILES string of the molecule is CSCCNC(=O)COc1ccc2c(c1)C(N)C(C[C@H](O)COc1ccccc1)CCC2. The predicted octanol–water partition coefficient (Wildman–Crippen LogP) is 3.33. The van der Waals surface area contributed by atoms with Gasteiger partial charge in [-0.25, -0.2) is 0 Å². The van der Waals surface area contributed by atoms with E-state index in [1.807, 2.05) is 54.8 Å². The van der Waals surface area contributed by atoms with Gasteiger partial charge in [0.05, 0.1) is 6.10 Å². The molecule has 0 aliphatic heterocycles. The monoisotopic (exact) mass is 458 g/mol. The van der Waals surface area contributed by atoms with Gasteiger partial charge in [0.2, 0.25) is 0 Å². The summed E-state index contributed by atoms with van der Waals surface area (Å²) in [5, 5.41) is 13.4. The maximum atomic E-state index is 11.9. The van der Waals surface area contributed by atoms with E-state index < -0.39 is 6.10 Å². The fourth-order valence-corrected chi connectivity index (χ4v) is 4.38. The molecule has 0 aromatic heterocycles. The summed E-state index contributed by atoms with van der Waals surface area (Å²) < 4.78 is 11.4. The van der Waals surface area contributed by atoms with Gasteiger partial charge in [0, 0.05) is 18.3 Å². The molecular weight excluding hydrogens is 424 g/mol. The average molecular weight is 459 g/mol. The van der Waals surface area contributed by atoms with Gasteiger partial charge < -0.3 is 25.6 Å². The molecule has 0 bridgehead atoms. The van der Waals surface area contributed by atoms with Crippen LogP contribution in [0.5, 0.6) is 11.5 Å². The zero-order chi connectivity index (χ0) is 22.8. The van der Waals surface area contributed by atoms with Gasteiger partial charge in [0.15, 0.2) is 6.61 Å². The van der Waals surface area contributed by atoms with Gasteiger partial charge in [-0.1, -0.05) is 24.3 Å². The van der Waals surface area contributed by atoms with Crippen LogP contribution in [0.4, 0.5) is 0 Å². The number of para-hydroxylation sites is 1. The van der Waals surface area contributed by atoms with E-state index in [0.717, 1.165) is 36.3 Å². The fraction of sp³-hybridized carbons (Fsp3) is 0.480. The van der Waals surface area contributed by atoms with Gasteiger partial charge in [-0.15, -0.1) is 0 Å². The van der Waals surface area contributed by atoms with E-state index in [1.165, 1.54) is 5.56 Å². The molecular formula is C25H34N2O4S. The quantitative estimate of drug-likeness (QED) is 0.353. The van der Waals surface area contributed by atoms with Gasteiger partial charge in [-0.2, -0.15) is 11.8 Å². The highest BCUT2D eigenvalue weighted by molar-refractivity contribution is 7.98. The molecule has 0 radical (unpaired) electrons. The van der Waals surface area contributed by atoms with E-state index in [-0.39, 0.29) is 31.1 Å². The third-order valence-corrected chi connectivity index (χ3v) is 6.38. The number of fused-ring (bicyclic) bond motifs is 1. The Balaban J connectivity index is 1.56. The van der Waals surface area contributed by atoms with Crippen molar-refractivity contribution in [2.45, 2.75) is 37.8 Å². The number of rotatable bonds is 11. The summed E-state index contributed by atoms with van der Waals surface area (Å²) in [6.07, 6.45) is 4.92. The number of aryl methyl sites for hydroxylation is 1. The normalized spacial score (nSPS) is 18.8. The lowest BCUT2D eigenvalue weighted by molar-refractivity contribution is -0.122. The molecule has 4 N–H and O–H groups in total. The first-order valence-electron chi connectivity index (χ1n) is 11.2. The van der Waals surface area contributed by atoms with E-state index >= 15 is 0 Å². The number of hydrogen-bond donors (Lipinski definition) is 3. The Bertz CT molecular complexity index is 849. The molecule has 0 saturated heterocycles. The van der Waals surface area contributed by atoms with Crippen LogP contribution in [0.15, 0.2) is 48.5 Å². The highest BCUT2D eigenvalue weighted by Crippen LogP contribution is 2.36. The van der Waals surface area contributed by atoms with Crippen molar-refractivity contribution >= 4 is 17.7 Å². The van der Waals surface area contributed by atoms with Gasteiger partial charge in [-0.05, 0) is 73.2 Å². The molecule has 2 aromatic rings. The van der Waals surface area contributed by atoms with Gasteiger partial charge >= 0.3 is 0 Å². The lowest BCUT2D eigenvalue weighted by Gasteiger charge is -2.25. The Morgan fingerprint density at radius 3 is 2.81 bits per heavy atom. The average Bonchev–Trinajstić information content (AvgIpc) is 2.96. The van der Waals surface area contributed by atoms with Gasteiger partial charge in [0.1, 0.15) is 18.1 Å². The number of thioether (sulfide) groups is 1. The van der Waals surface area contributed by atoms with E-state index in [0.29, 0.717) is 18.7 Å². The van der Waals surface area contributed by atoms with Crippen molar-refractivity contribution in [1.82, 2.24) is 5.32 Å². The van der Waals surface area contributed by atoms with Crippen LogP contribution in [0.1, 0.15) is 36.4 Å². The first-order chi connectivity index (χ1) is 15.6. The number of aliphatic hydroxyl groups is 1. The number of benzene rings is 2. The van der Waals surface area contributed by atoms with Crippen LogP contribution < -0.4 is 20.5 Å². The van der Waals surface area contributed by atoms with Crippen molar-refractivity contribution in [2.24, 2.45) is 11.7 Å². The van der Waals surface area contributed by atoms with E-state index in [4.69, 9.17) is 15.2 Å². The Morgan fingerprint density at radius 2 is 2.03 bits per heavy atom. The summed E-state index contributed by atoms with van der Waals surface area (Å²) in [6, 6.07) is 15.2. The summed E-state index contributed by atoms with van der Waals surface area (Å²) in [7, 11) is 0. The molecule has 1 amide bonds. The van der Waals surface area contributed by atoms with Crippen LogP contribution in [0.2, 0.25) is 0 Å². The van der Waals surface area contributed by atoms with Crippen molar-refractivity contribution in [3.63, 3.8) is 0 Å². The van der Waals surface area contributed by atoms with E-state index in [2.05, 4.69) is 5.32 Å². The summed E-state index contributed by atoms with van der Waals surface area (Å²) in [5.41, 5.74) is 8.92. The summed E-state index contributed by atoms with van der Waals surface area (Å²) in [6.45, 7) is 0.868. The number of amides is 1. The molecule has 0 heterocycles. The second-order valence-corrected chi connectivity index (χ2v) is 9.17. The second kappa shape index (κ2) is 12.7. The molecule has 3 rings (SSSR count). The molecule has 7 heteroatoms. The smallest absolute Gasteiger partial charge is 0.257 e. The second-order valence-electron chi connectivity index (χ2n) is 8.18. The Morgan fingerprint density at radius 1 is 1.22 bits per heavy atom. The largest absolute Gasteiger partial charge is 0.491 e. The summed E-state index contributed by atoms with van der Waals surface area (Å²) >= 11 is 1.69. The zero-order valence-corrected chi connectivity index (χ0v) is 19.5. The Kier molecular flexibility index (Phi) is 9.71. The summed E-state index contributed by atoms with van der Waals surface area (Å²) in [5.74, 6) is 2.30. The highest BCUT2D eigenvalue weighted by Gasteiger charge is 2.27. The van der Waals surface area contributed by atoms with Crippen LogP contribution in [-0.2, 0) is 11.2 Å². The van der Waals surface area contributed by atoms with Crippen LogP contribution in [0.3, 0.4) is 0 Å². The minimum absolute atomic E-state index is 0.0125. The minimum Gasteiger partial charge on any atom is -0.491 e. The topological polar surface area (TPSA) is 93.8 Å². The van der Waals surface area contributed by atoms with Gasteiger partial charge in [-0.3, -0.25) is 4.79 Å². The molecule has 0 fully saturated rings. The Labute approximate surface area is 194 Å². The predicted molar refractivity (Wildman–Crippen MR) is 129 cm³/mol. The lowest BCUT2D eigenvalue weighted by Crippen LogP contribution is -2.30. The van der Waals surface area contributed by atoms with E-state index in [9.17, 15) is 9.90 Å².